The van der Waals surface area contributed by atoms with E-state index >= 15 is 0 Å². The molecule has 0 N–H and O–H groups in total. The molecule has 0 radical (unpaired) electrons. The Morgan fingerprint density at radius 2 is 2.16 bits per heavy atom. The molecule has 0 atom stereocenters. The van der Waals surface area contributed by atoms with Crippen LogP contribution in [0.2, 0.25) is 0 Å². The lowest BCUT2D eigenvalue weighted by atomic mass is 10.2. The molecule has 8 heteroatoms. The Kier molecular flexibility index (Phi) is 3.86. The van der Waals surface area contributed by atoms with E-state index in [1.54, 1.807) is 11.0 Å². The van der Waals surface area contributed by atoms with Crippen LogP contribution < -0.4 is 4.90 Å². The van der Waals surface area contributed by atoms with Crippen LogP contribution in [0, 0.1) is 5.82 Å². The van der Waals surface area contributed by atoms with Crippen LogP contribution in [0.4, 0.5) is 10.1 Å². The molecule has 0 unspecified atom stereocenters. The number of rotatable bonds is 3. The molecule has 0 fully saturated rings. The molecule has 1 aliphatic heterocycles. The number of benzene rings is 1. The van der Waals surface area contributed by atoms with Crippen molar-refractivity contribution < 1.29 is 12.8 Å². The van der Waals surface area contributed by atoms with Gasteiger partial charge in [-0.3, -0.25) is 0 Å². The second-order valence-electron chi connectivity index (χ2n) is 4.17. The summed E-state index contributed by atoms with van der Waals surface area (Å²) in [6.45, 7) is 0.212. The van der Waals surface area contributed by atoms with Crippen LogP contribution >= 0.6 is 11.6 Å². The molecule has 102 valence electrons. The molecule has 0 aliphatic carbocycles. The van der Waals surface area contributed by atoms with Gasteiger partial charge in [0.05, 0.1) is 12.1 Å². The van der Waals surface area contributed by atoms with E-state index in [9.17, 15) is 12.8 Å². The molecule has 5 nitrogen and oxygen atoms in total. The highest BCUT2D eigenvalue weighted by Gasteiger charge is 2.12. The number of aliphatic imine (C=N–C) groups is 2. The second-order valence-corrected chi connectivity index (χ2v) is 6.65. The average molecular weight is 304 g/mol. The van der Waals surface area contributed by atoms with Crippen molar-refractivity contribution in [2.45, 2.75) is 5.75 Å². The van der Waals surface area contributed by atoms with E-state index < -0.39 is 15.7 Å². The van der Waals surface area contributed by atoms with Gasteiger partial charge < -0.3 is 4.90 Å². The summed E-state index contributed by atoms with van der Waals surface area (Å²) in [4.78, 5) is 9.26. The minimum absolute atomic E-state index is 0.129. The molecular formula is C11H11ClFN3O2S. The number of sulfone groups is 1. The lowest BCUT2D eigenvalue weighted by Crippen LogP contribution is -2.25. The van der Waals surface area contributed by atoms with Gasteiger partial charge in [0.25, 0.3) is 0 Å². The first-order valence-electron chi connectivity index (χ1n) is 5.31. The fourth-order valence-electron chi connectivity index (χ4n) is 1.66. The zero-order valence-electron chi connectivity index (χ0n) is 10.0. The molecule has 19 heavy (non-hydrogen) atoms. The Bertz CT molecular complexity index is 658. The van der Waals surface area contributed by atoms with E-state index in [4.69, 9.17) is 11.6 Å². The largest absolute Gasteiger partial charge is 0.312 e. The predicted octanol–water partition coefficient (Wildman–Crippen LogP) is 1.77. The predicted molar refractivity (Wildman–Crippen MR) is 74.1 cm³/mol. The standard InChI is InChI=1S/C11H11ClFN3O2S/c1-19(17,18)5-8-2-9(13)4-10(3-8)16-6-14-11(12)15-7-16/h2-4,6H,5,7H2,1H3. The van der Waals surface area contributed by atoms with Gasteiger partial charge in [0.1, 0.15) is 12.5 Å². The van der Waals surface area contributed by atoms with Gasteiger partial charge in [0.15, 0.2) is 9.84 Å². The SMILES string of the molecule is CS(=O)(=O)Cc1cc(F)cc(N2C=NC(Cl)=NC2)c1. The summed E-state index contributed by atoms with van der Waals surface area (Å²) in [7, 11) is -3.22. The van der Waals surface area contributed by atoms with Crippen molar-refractivity contribution >= 4 is 38.8 Å². The number of hydrogen-bond acceptors (Lipinski definition) is 5. The van der Waals surface area contributed by atoms with E-state index in [0.717, 1.165) is 6.26 Å². The van der Waals surface area contributed by atoms with Crippen molar-refractivity contribution in [1.29, 1.82) is 0 Å². The van der Waals surface area contributed by atoms with E-state index in [2.05, 4.69) is 9.98 Å². The quantitative estimate of drug-likeness (QED) is 0.800. The van der Waals surface area contributed by atoms with Gasteiger partial charge in [-0.25, -0.2) is 22.8 Å². The highest BCUT2D eigenvalue weighted by molar-refractivity contribution is 7.89. The van der Waals surface area contributed by atoms with Crippen molar-refractivity contribution in [3.63, 3.8) is 0 Å². The molecule has 0 bridgehead atoms. The van der Waals surface area contributed by atoms with Crippen LogP contribution in [0.3, 0.4) is 0 Å². The number of anilines is 1. The smallest absolute Gasteiger partial charge is 0.220 e. The molecule has 0 saturated carbocycles. The van der Waals surface area contributed by atoms with Crippen molar-refractivity contribution in [1.82, 2.24) is 0 Å². The first-order valence-corrected chi connectivity index (χ1v) is 7.75. The van der Waals surface area contributed by atoms with Crippen LogP contribution in [-0.2, 0) is 15.6 Å². The summed E-state index contributed by atoms with van der Waals surface area (Å²) in [6.07, 6.45) is 2.53. The number of nitrogens with zero attached hydrogens (tertiary/aromatic N) is 3. The number of halogens is 2. The summed E-state index contributed by atoms with van der Waals surface area (Å²) >= 11 is 5.59. The van der Waals surface area contributed by atoms with Crippen molar-refractivity contribution in [2.75, 3.05) is 17.8 Å². The summed E-state index contributed by atoms with van der Waals surface area (Å²) in [5, 5.41) is 0.129. The van der Waals surface area contributed by atoms with Crippen LogP contribution in [-0.4, -0.2) is 33.0 Å². The highest BCUT2D eigenvalue weighted by atomic mass is 35.5. The van der Waals surface area contributed by atoms with Crippen LogP contribution in [0.25, 0.3) is 0 Å². The molecule has 0 aromatic heterocycles. The van der Waals surface area contributed by atoms with Crippen LogP contribution in [0.5, 0.6) is 0 Å². The molecule has 1 aromatic carbocycles. The number of amidine groups is 1. The third-order valence-electron chi connectivity index (χ3n) is 2.36. The lowest BCUT2D eigenvalue weighted by molar-refractivity contribution is 0.600. The Morgan fingerprint density at radius 1 is 1.42 bits per heavy atom. The maximum atomic E-state index is 13.5. The minimum Gasteiger partial charge on any atom is -0.312 e. The van der Waals surface area contributed by atoms with Crippen molar-refractivity contribution in [2.24, 2.45) is 9.98 Å². The Hall–Kier alpha value is -1.47. The van der Waals surface area contributed by atoms with Gasteiger partial charge >= 0.3 is 0 Å². The van der Waals surface area contributed by atoms with E-state index in [1.807, 2.05) is 0 Å². The minimum atomic E-state index is -3.22. The van der Waals surface area contributed by atoms with Crippen molar-refractivity contribution in [3.8, 4) is 0 Å². The lowest BCUT2D eigenvalue weighted by Gasteiger charge is -2.20. The topological polar surface area (TPSA) is 62.1 Å². The third kappa shape index (κ3) is 4.00. The Labute approximate surface area is 115 Å². The highest BCUT2D eigenvalue weighted by Crippen LogP contribution is 2.20. The number of hydrogen-bond donors (Lipinski definition) is 0. The molecule has 0 saturated heterocycles. The van der Waals surface area contributed by atoms with E-state index in [0.29, 0.717) is 11.3 Å². The molecule has 1 heterocycles. The first kappa shape index (κ1) is 14.0. The summed E-state index contributed by atoms with van der Waals surface area (Å²) < 4.78 is 36.0. The molecule has 1 aliphatic rings. The summed E-state index contributed by atoms with van der Waals surface area (Å²) in [5.41, 5.74) is 0.863. The maximum Gasteiger partial charge on any atom is 0.220 e. The normalized spacial score (nSPS) is 15.5. The fraction of sp³-hybridized carbons (Fsp3) is 0.273. The first-order chi connectivity index (χ1) is 8.83. The van der Waals surface area contributed by atoms with Crippen LogP contribution in [0.1, 0.15) is 5.56 Å². The Balaban J connectivity index is 2.30. The molecule has 2 rings (SSSR count). The monoisotopic (exact) mass is 303 g/mol. The molecule has 0 amide bonds. The zero-order chi connectivity index (χ0) is 14.0. The molecular weight excluding hydrogens is 293 g/mol. The van der Waals surface area contributed by atoms with Gasteiger partial charge in [-0.2, -0.15) is 0 Å². The second kappa shape index (κ2) is 5.26. The van der Waals surface area contributed by atoms with E-state index in [-0.39, 0.29) is 17.7 Å². The average Bonchev–Trinajstić information content (AvgIpc) is 2.26. The van der Waals surface area contributed by atoms with Gasteiger partial charge in [0.2, 0.25) is 5.29 Å². The molecule has 1 aromatic rings. The van der Waals surface area contributed by atoms with Gasteiger partial charge in [-0.05, 0) is 35.4 Å². The zero-order valence-corrected chi connectivity index (χ0v) is 11.6. The van der Waals surface area contributed by atoms with Gasteiger partial charge in [-0.1, -0.05) is 0 Å². The van der Waals surface area contributed by atoms with Crippen LogP contribution in [0.15, 0.2) is 28.2 Å². The van der Waals surface area contributed by atoms with Gasteiger partial charge in [0, 0.05) is 11.9 Å². The summed E-state index contributed by atoms with van der Waals surface area (Å²) in [5.74, 6) is -0.725. The summed E-state index contributed by atoms with van der Waals surface area (Å²) in [6, 6.07) is 4.07. The molecule has 0 spiro atoms. The fourth-order valence-corrected chi connectivity index (χ4v) is 2.53. The Morgan fingerprint density at radius 3 is 2.74 bits per heavy atom. The van der Waals surface area contributed by atoms with E-state index in [1.165, 1.54) is 18.5 Å². The third-order valence-corrected chi connectivity index (χ3v) is 3.43. The van der Waals surface area contributed by atoms with Gasteiger partial charge in [-0.15, -0.1) is 0 Å². The maximum absolute atomic E-state index is 13.5. The van der Waals surface area contributed by atoms with Crippen molar-refractivity contribution in [3.05, 3.63) is 29.6 Å².